The van der Waals surface area contributed by atoms with Gasteiger partial charge in [-0.25, -0.2) is 0 Å². The van der Waals surface area contributed by atoms with Crippen LogP contribution in [0.15, 0.2) is 24.4 Å². The zero-order valence-corrected chi connectivity index (χ0v) is 14.8. The van der Waals surface area contributed by atoms with Gasteiger partial charge < -0.3 is 10.6 Å². The fourth-order valence-corrected chi connectivity index (χ4v) is 2.86. The summed E-state index contributed by atoms with van der Waals surface area (Å²) >= 11 is 0. The lowest BCUT2D eigenvalue weighted by atomic mass is 9.99. The van der Waals surface area contributed by atoms with Crippen molar-refractivity contribution in [1.29, 1.82) is 0 Å². The van der Waals surface area contributed by atoms with Crippen LogP contribution in [0.2, 0.25) is 0 Å². The van der Waals surface area contributed by atoms with Crippen LogP contribution in [0.1, 0.15) is 45.7 Å². The maximum absolute atomic E-state index is 12.5. The Kier molecular flexibility index (Phi) is 6.31. The number of aromatic nitrogens is 1. The van der Waals surface area contributed by atoms with Crippen LogP contribution in [-0.4, -0.2) is 46.4 Å². The predicted molar refractivity (Wildman–Crippen MR) is 93.2 cm³/mol. The first-order valence-corrected chi connectivity index (χ1v) is 8.58. The third-order valence-corrected chi connectivity index (χ3v) is 3.95. The molecule has 0 unspecified atom stereocenters. The molecule has 1 aromatic heterocycles. The third-order valence-electron chi connectivity index (χ3n) is 3.95. The van der Waals surface area contributed by atoms with Crippen molar-refractivity contribution >= 4 is 11.8 Å². The highest BCUT2D eigenvalue weighted by Gasteiger charge is 2.31. The highest BCUT2D eigenvalue weighted by molar-refractivity contribution is 5.84. The Bertz CT molecular complexity index is 554. The van der Waals surface area contributed by atoms with Crippen molar-refractivity contribution < 1.29 is 9.59 Å². The molecule has 1 atom stereocenters. The van der Waals surface area contributed by atoms with Crippen LogP contribution in [0.4, 0.5) is 0 Å². The molecule has 2 amide bonds. The number of nitrogens with one attached hydrogen (secondary N) is 2. The third kappa shape index (κ3) is 5.92. The maximum atomic E-state index is 12.5. The lowest BCUT2D eigenvalue weighted by molar-refractivity contribution is -0.131. The first kappa shape index (κ1) is 18.4. The molecule has 0 bridgehead atoms. The van der Waals surface area contributed by atoms with Crippen molar-refractivity contribution in [2.75, 3.05) is 13.1 Å². The molecule has 2 heterocycles. The highest BCUT2D eigenvalue weighted by Crippen LogP contribution is 2.17. The molecule has 24 heavy (non-hydrogen) atoms. The largest absolute Gasteiger partial charge is 0.350 e. The number of carbonyl (C=O) groups is 2. The molecule has 1 fully saturated rings. The van der Waals surface area contributed by atoms with E-state index in [-0.39, 0.29) is 29.9 Å². The zero-order valence-electron chi connectivity index (χ0n) is 14.8. The molecule has 1 aromatic rings. The molecular weight excluding hydrogens is 304 g/mol. The molecule has 1 aliphatic rings. The first-order chi connectivity index (χ1) is 11.3. The van der Waals surface area contributed by atoms with Crippen LogP contribution in [0.3, 0.4) is 0 Å². The van der Waals surface area contributed by atoms with Gasteiger partial charge in [-0.2, -0.15) is 0 Å². The number of hydrogen-bond donors (Lipinski definition) is 2. The van der Waals surface area contributed by atoms with Gasteiger partial charge in [-0.3, -0.25) is 19.5 Å². The van der Waals surface area contributed by atoms with E-state index in [0.717, 1.165) is 31.5 Å². The minimum absolute atomic E-state index is 0.0136. The maximum Gasteiger partial charge on any atom is 0.237 e. The Balaban J connectivity index is 1.88. The lowest BCUT2D eigenvalue weighted by Crippen LogP contribution is -2.55. The molecule has 0 radical (unpaired) electrons. The molecule has 0 aliphatic carbocycles. The van der Waals surface area contributed by atoms with Gasteiger partial charge in [0.2, 0.25) is 11.8 Å². The summed E-state index contributed by atoms with van der Waals surface area (Å²) in [6, 6.07) is 5.39. The molecule has 2 rings (SSSR count). The summed E-state index contributed by atoms with van der Waals surface area (Å²) in [6.07, 6.45) is 4.55. The quantitative estimate of drug-likeness (QED) is 0.856. The highest BCUT2D eigenvalue weighted by atomic mass is 16.2. The Morgan fingerprint density at radius 1 is 1.29 bits per heavy atom. The molecule has 2 N–H and O–H groups in total. The number of pyridine rings is 1. The van der Waals surface area contributed by atoms with Crippen molar-refractivity contribution in [1.82, 2.24) is 20.5 Å². The Labute approximate surface area is 144 Å². The normalized spacial score (nSPS) is 18.9. The standard InChI is InChI=1S/C18H28N4O2/c1-18(2,3)21-17(24)15-9-5-7-11-22(15)13-16(23)20-12-14-8-4-6-10-19-14/h4,6,8,10,15H,5,7,9,11-13H2,1-3H3,(H,20,23)(H,21,24)/t15-/m1/s1. The van der Waals surface area contributed by atoms with Crippen LogP contribution in [0, 0.1) is 0 Å². The second-order valence-corrected chi connectivity index (χ2v) is 7.32. The zero-order chi connectivity index (χ0) is 17.6. The number of carbonyl (C=O) groups excluding carboxylic acids is 2. The molecule has 0 aromatic carbocycles. The summed E-state index contributed by atoms with van der Waals surface area (Å²) in [4.78, 5) is 30.9. The second kappa shape index (κ2) is 8.24. The summed E-state index contributed by atoms with van der Waals surface area (Å²) in [7, 11) is 0. The van der Waals surface area contributed by atoms with E-state index in [4.69, 9.17) is 0 Å². The van der Waals surface area contributed by atoms with Gasteiger partial charge in [0.1, 0.15) is 0 Å². The van der Waals surface area contributed by atoms with Crippen LogP contribution < -0.4 is 10.6 Å². The van der Waals surface area contributed by atoms with E-state index < -0.39 is 0 Å². The lowest BCUT2D eigenvalue weighted by Gasteiger charge is -2.35. The fourth-order valence-electron chi connectivity index (χ4n) is 2.86. The van der Waals surface area contributed by atoms with Crippen LogP contribution in [-0.2, 0) is 16.1 Å². The minimum atomic E-state index is -0.262. The Morgan fingerprint density at radius 3 is 2.75 bits per heavy atom. The van der Waals surface area contributed by atoms with E-state index >= 15 is 0 Å². The van der Waals surface area contributed by atoms with Crippen LogP contribution >= 0.6 is 0 Å². The van der Waals surface area contributed by atoms with Gasteiger partial charge in [-0.1, -0.05) is 12.5 Å². The van der Waals surface area contributed by atoms with Gasteiger partial charge in [-0.15, -0.1) is 0 Å². The van der Waals surface area contributed by atoms with Crippen molar-refractivity contribution in [2.45, 2.75) is 58.2 Å². The van der Waals surface area contributed by atoms with Crippen LogP contribution in [0.5, 0.6) is 0 Å². The summed E-state index contributed by atoms with van der Waals surface area (Å²) in [6.45, 7) is 7.34. The number of rotatable bonds is 5. The molecule has 1 aliphatic heterocycles. The monoisotopic (exact) mass is 332 g/mol. The summed E-state index contributed by atoms with van der Waals surface area (Å²) in [5.41, 5.74) is 0.563. The van der Waals surface area contributed by atoms with Gasteiger partial charge in [0.25, 0.3) is 0 Å². The Hall–Kier alpha value is -1.95. The van der Waals surface area contributed by atoms with Gasteiger partial charge in [0.05, 0.1) is 24.8 Å². The van der Waals surface area contributed by atoms with Crippen molar-refractivity contribution in [3.8, 4) is 0 Å². The molecular formula is C18H28N4O2. The van der Waals surface area contributed by atoms with Gasteiger partial charge in [0, 0.05) is 11.7 Å². The number of amides is 2. The van der Waals surface area contributed by atoms with Crippen molar-refractivity contribution in [3.05, 3.63) is 30.1 Å². The fraction of sp³-hybridized carbons (Fsp3) is 0.611. The predicted octanol–water partition coefficient (Wildman–Crippen LogP) is 1.47. The number of nitrogens with zero attached hydrogens (tertiary/aromatic N) is 2. The molecule has 0 saturated carbocycles. The van der Waals surface area contributed by atoms with Gasteiger partial charge >= 0.3 is 0 Å². The van der Waals surface area contributed by atoms with E-state index in [1.165, 1.54) is 0 Å². The summed E-state index contributed by atoms with van der Waals surface area (Å²) in [5.74, 6) is -0.0594. The second-order valence-electron chi connectivity index (χ2n) is 7.32. The summed E-state index contributed by atoms with van der Waals surface area (Å²) in [5, 5.41) is 5.91. The molecule has 132 valence electrons. The van der Waals surface area contributed by atoms with E-state index in [1.54, 1.807) is 6.20 Å². The average molecular weight is 332 g/mol. The van der Waals surface area contributed by atoms with Gasteiger partial charge in [-0.05, 0) is 52.3 Å². The SMILES string of the molecule is CC(C)(C)NC(=O)[C@H]1CCCCN1CC(=O)NCc1ccccn1. The van der Waals surface area contributed by atoms with Crippen LogP contribution in [0.25, 0.3) is 0 Å². The first-order valence-electron chi connectivity index (χ1n) is 8.58. The number of piperidine rings is 1. The van der Waals surface area contributed by atoms with E-state index in [1.807, 2.05) is 43.9 Å². The average Bonchev–Trinajstić information content (AvgIpc) is 2.53. The topological polar surface area (TPSA) is 74.3 Å². The number of likely N-dealkylation sites (tertiary alicyclic amines) is 1. The Morgan fingerprint density at radius 2 is 2.08 bits per heavy atom. The van der Waals surface area contributed by atoms with E-state index in [2.05, 4.69) is 15.6 Å². The van der Waals surface area contributed by atoms with E-state index in [0.29, 0.717) is 6.54 Å². The molecule has 1 saturated heterocycles. The van der Waals surface area contributed by atoms with E-state index in [9.17, 15) is 9.59 Å². The van der Waals surface area contributed by atoms with Gasteiger partial charge in [0.15, 0.2) is 0 Å². The smallest absolute Gasteiger partial charge is 0.237 e. The molecule has 0 spiro atoms. The minimum Gasteiger partial charge on any atom is -0.350 e. The molecule has 6 nitrogen and oxygen atoms in total. The van der Waals surface area contributed by atoms with Crippen molar-refractivity contribution in [2.24, 2.45) is 0 Å². The summed E-state index contributed by atoms with van der Waals surface area (Å²) < 4.78 is 0. The molecule has 6 heteroatoms. The van der Waals surface area contributed by atoms with Crippen molar-refractivity contribution in [3.63, 3.8) is 0 Å². The number of hydrogen-bond acceptors (Lipinski definition) is 4.